The standard InChI is InChI=1S/C52H54F2N7O13PS/c1-51(2,3)44(57-46(66)39-26-32-25-33(16-18-38(32)76-39)52(53,54)75(71,72)73)50(70)60-22-21-58(28-36(60)48(68)59-23-24-74-37(29-59)30-11-6-4-7-12-30)42(64)27-41(63)55-20-9-5-8-13-31-14-10-15-34-43(31)49(69)61(47(34)67)35-17-19-40(62)56-45(35)65/h4,6-7,10-12,14-16,18,25-26,35-37,44H,5,9,17,19-24,27-29H2,1-3H3,(H,55,63)(H,57,66)(H,56,62,65)(H2,71,72,73)/t35?,36-,37-,44?/m0/s1. The Morgan fingerprint density at radius 3 is 2.38 bits per heavy atom. The molecule has 1 aromatic heterocycles. The van der Waals surface area contributed by atoms with Crippen LogP contribution in [-0.2, 0) is 43.7 Å². The van der Waals surface area contributed by atoms with Crippen LogP contribution in [0.15, 0.2) is 72.8 Å². The zero-order valence-electron chi connectivity index (χ0n) is 41.5. The minimum atomic E-state index is -5.88. The summed E-state index contributed by atoms with van der Waals surface area (Å²) in [7, 11) is -5.88. The van der Waals surface area contributed by atoms with E-state index in [1.165, 1.54) is 28.0 Å². The van der Waals surface area contributed by atoms with Gasteiger partial charge in [-0.25, -0.2) is 0 Å². The van der Waals surface area contributed by atoms with Gasteiger partial charge in [0.1, 0.15) is 30.7 Å². The van der Waals surface area contributed by atoms with Gasteiger partial charge >= 0.3 is 13.3 Å². The maximum absolute atomic E-state index is 14.8. The molecule has 3 saturated heterocycles. The van der Waals surface area contributed by atoms with Crippen molar-refractivity contribution in [1.29, 1.82) is 0 Å². The fraction of sp³-hybridized carbons (Fsp3) is 0.404. The number of hydrogen-bond acceptors (Lipinski definition) is 12. The Hall–Kier alpha value is -7.22. The number of fused-ring (bicyclic) bond motifs is 2. The zero-order chi connectivity index (χ0) is 54.9. The maximum atomic E-state index is 14.8. The van der Waals surface area contributed by atoms with Crippen molar-refractivity contribution in [3.63, 3.8) is 0 Å². The van der Waals surface area contributed by atoms with Crippen LogP contribution in [-0.4, -0.2) is 147 Å². The molecular formula is C52H54F2N7O13PS. The van der Waals surface area contributed by atoms with Gasteiger partial charge in [-0.3, -0.25) is 57.9 Å². The second kappa shape index (κ2) is 22.2. The van der Waals surface area contributed by atoms with Crippen LogP contribution in [0.1, 0.15) is 106 Å². The number of carbonyl (C=O) groups excluding carboxylic acids is 9. The van der Waals surface area contributed by atoms with E-state index in [2.05, 4.69) is 27.8 Å². The Kier molecular flexibility index (Phi) is 16.0. The number of imide groups is 2. The first-order chi connectivity index (χ1) is 35.9. The number of thiophene rings is 1. The molecule has 4 atom stereocenters. The van der Waals surface area contributed by atoms with Crippen molar-refractivity contribution < 1.29 is 71.0 Å². The molecule has 24 heteroatoms. The Morgan fingerprint density at radius 1 is 0.921 bits per heavy atom. The topological polar surface area (TPSA) is 269 Å². The van der Waals surface area contributed by atoms with Gasteiger partial charge in [-0.05, 0) is 59.5 Å². The molecule has 5 N–H and O–H groups in total. The number of benzene rings is 3. The average Bonchev–Trinajstić information content (AvgIpc) is 3.94. The molecule has 9 amide bonds. The second-order valence-electron chi connectivity index (χ2n) is 19.8. The molecule has 0 spiro atoms. The fourth-order valence-corrected chi connectivity index (χ4v) is 10.9. The normalized spacial score (nSPS) is 19.6. The molecular weight excluding hydrogens is 1030 g/mol. The molecule has 76 heavy (non-hydrogen) atoms. The number of hydrogen-bond donors (Lipinski definition) is 5. The first kappa shape index (κ1) is 55.0. The predicted octanol–water partition coefficient (Wildman–Crippen LogP) is 3.65. The number of piperazine rings is 1. The van der Waals surface area contributed by atoms with Crippen molar-refractivity contribution in [1.82, 2.24) is 35.6 Å². The molecule has 0 saturated carbocycles. The van der Waals surface area contributed by atoms with E-state index in [4.69, 9.17) is 4.74 Å². The molecule has 2 unspecified atom stereocenters. The van der Waals surface area contributed by atoms with E-state index in [-0.39, 0.29) is 92.1 Å². The number of morpholine rings is 1. The summed E-state index contributed by atoms with van der Waals surface area (Å²) in [4.78, 5) is 145. The first-order valence-electron chi connectivity index (χ1n) is 24.4. The van der Waals surface area contributed by atoms with Gasteiger partial charge in [0.2, 0.25) is 35.4 Å². The molecule has 3 aromatic carbocycles. The van der Waals surface area contributed by atoms with E-state index < -0.39 is 108 Å². The SMILES string of the molecule is CC(C)(C)C(NC(=O)c1cc2cc(C(F)(F)P(=O)(O)O)ccc2s1)C(=O)N1CCN(C(=O)CC(=O)NCCCC#Cc2cccc3c2C(=O)N(C2CCC(=O)NC2=O)C3=O)C[C@H]1C(=O)N1CCO[C@H](c2ccccc2)C1. The lowest BCUT2D eigenvalue weighted by Gasteiger charge is -2.45. The van der Waals surface area contributed by atoms with Crippen LogP contribution in [0.4, 0.5) is 8.78 Å². The van der Waals surface area contributed by atoms with E-state index in [0.717, 1.165) is 33.9 Å². The number of nitrogens with one attached hydrogen (secondary N) is 3. The van der Waals surface area contributed by atoms with Gasteiger partial charge in [0.05, 0.1) is 35.7 Å². The van der Waals surface area contributed by atoms with Crippen molar-refractivity contribution in [2.45, 2.75) is 82.8 Å². The van der Waals surface area contributed by atoms with Gasteiger partial charge in [0, 0.05) is 54.8 Å². The van der Waals surface area contributed by atoms with Crippen LogP contribution in [0.25, 0.3) is 10.1 Å². The molecule has 4 aromatic rings. The predicted molar refractivity (Wildman–Crippen MR) is 269 cm³/mol. The second-order valence-corrected chi connectivity index (χ2v) is 22.5. The van der Waals surface area contributed by atoms with Crippen LogP contribution >= 0.6 is 18.9 Å². The third-order valence-corrected chi connectivity index (χ3v) is 15.6. The number of carbonyl (C=O) groups is 9. The van der Waals surface area contributed by atoms with Gasteiger partial charge in [-0.2, -0.15) is 8.78 Å². The molecule has 4 aliphatic rings. The van der Waals surface area contributed by atoms with Crippen LogP contribution in [0, 0.1) is 17.3 Å². The number of unbranched alkanes of at least 4 members (excludes halogenated alkanes) is 1. The molecule has 0 aliphatic carbocycles. The number of rotatable bonds is 13. The smallest absolute Gasteiger partial charge is 0.370 e. The third-order valence-electron chi connectivity index (χ3n) is 13.5. The van der Waals surface area contributed by atoms with Crippen molar-refractivity contribution in [3.05, 3.63) is 105 Å². The largest absolute Gasteiger partial charge is 0.399 e. The van der Waals surface area contributed by atoms with Gasteiger partial charge in [0.25, 0.3) is 17.7 Å². The highest BCUT2D eigenvalue weighted by molar-refractivity contribution is 7.52. The summed E-state index contributed by atoms with van der Waals surface area (Å²) in [5.74, 6) is 0.162. The van der Waals surface area contributed by atoms with Crippen molar-refractivity contribution in [3.8, 4) is 11.8 Å². The number of nitrogens with zero attached hydrogens (tertiary/aromatic N) is 4. The Balaban J connectivity index is 0.921. The number of piperidine rings is 1. The fourth-order valence-electron chi connectivity index (χ4n) is 9.43. The zero-order valence-corrected chi connectivity index (χ0v) is 43.2. The minimum absolute atomic E-state index is 0.00606. The summed E-state index contributed by atoms with van der Waals surface area (Å²) >= 11 is 0.909. The molecule has 0 bridgehead atoms. The number of alkyl halides is 2. The van der Waals surface area contributed by atoms with E-state index >= 15 is 0 Å². The van der Waals surface area contributed by atoms with Crippen LogP contribution in [0.3, 0.4) is 0 Å². The minimum Gasteiger partial charge on any atom is -0.370 e. The van der Waals surface area contributed by atoms with E-state index in [9.17, 15) is 66.3 Å². The van der Waals surface area contributed by atoms with Crippen LogP contribution in [0.5, 0.6) is 0 Å². The highest BCUT2D eigenvalue weighted by atomic mass is 32.1. The van der Waals surface area contributed by atoms with Crippen molar-refractivity contribution >= 4 is 82.2 Å². The summed E-state index contributed by atoms with van der Waals surface area (Å²) < 4.78 is 47.1. The highest BCUT2D eigenvalue weighted by Gasteiger charge is 2.51. The van der Waals surface area contributed by atoms with Gasteiger partial charge in [0.15, 0.2) is 0 Å². The van der Waals surface area contributed by atoms with Crippen LogP contribution in [0.2, 0.25) is 0 Å². The molecule has 400 valence electrons. The summed E-state index contributed by atoms with van der Waals surface area (Å²) in [6.07, 6.45) is -0.511. The Labute approximate surface area is 438 Å². The molecule has 3 fully saturated rings. The highest BCUT2D eigenvalue weighted by Crippen LogP contribution is 2.59. The van der Waals surface area contributed by atoms with Crippen LogP contribution < -0.4 is 16.0 Å². The van der Waals surface area contributed by atoms with Gasteiger partial charge < -0.3 is 39.9 Å². The van der Waals surface area contributed by atoms with E-state index in [1.54, 1.807) is 37.8 Å². The molecule has 8 rings (SSSR count). The Bertz CT molecular complexity index is 3150. The number of halogens is 2. The van der Waals surface area contributed by atoms with Gasteiger partial charge in [-0.15, -0.1) is 11.3 Å². The van der Waals surface area contributed by atoms with Crippen molar-refractivity contribution in [2.75, 3.05) is 45.9 Å². The molecule has 5 heterocycles. The summed E-state index contributed by atoms with van der Waals surface area (Å²) in [6.45, 7) is 5.18. The first-order valence-corrected chi connectivity index (χ1v) is 26.8. The maximum Gasteiger partial charge on any atom is 0.399 e. The monoisotopic (exact) mass is 1090 g/mol. The molecule has 4 aliphatic heterocycles. The van der Waals surface area contributed by atoms with Crippen molar-refractivity contribution in [2.24, 2.45) is 5.41 Å². The lowest BCUT2D eigenvalue weighted by atomic mass is 9.85. The quantitative estimate of drug-likeness (QED) is 0.0421. The van der Waals surface area contributed by atoms with E-state index in [0.29, 0.717) is 11.1 Å². The molecule has 0 radical (unpaired) electrons. The third kappa shape index (κ3) is 11.6. The number of amides is 9. The lowest BCUT2D eigenvalue weighted by Crippen LogP contribution is -2.66. The summed E-state index contributed by atoms with van der Waals surface area (Å²) in [5.41, 5.74) is -5.17. The lowest BCUT2D eigenvalue weighted by molar-refractivity contribution is -0.158. The summed E-state index contributed by atoms with van der Waals surface area (Å²) in [5, 5.41) is 7.74. The average molecular weight is 1090 g/mol. The number of ether oxygens (including phenoxy) is 1. The molecule has 20 nitrogen and oxygen atoms in total. The van der Waals surface area contributed by atoms with E-state index in [1.807, 2.05) is 30.3 Å². The Morgan fingerprint density at radius 2 is 1.67 bits per heavy atom. The van der Waals surface area contributed by atoms with Gasteiger partial charge in [-0.1, -0.05) is 75.1 Å². The summed E-state index contributed by atoms with van der Waals surface area (Å²) in [6, 6.07) is 14.4.